The van der Waals surface area contributed by atoms with Crippen LogP contribution in [0.3, 0.4) is 0 Å². The number of benzene rings is 1. The van der Waals surface area contributed by atoms with Crippen LogP contribution in [-0.2, 0) is 31.6 Å². The van der Waals surface area contributed by atoms with Crippen molar-refractivity contribution < 1.29 is 61.4 Å². The van der Waals surface area contributed by atoms with Gasteiger partial charge in [-0.25, -0.2) is 23.7 Å². The van der Waals surface area contributed by atoms with Gasteiger partial charge in [0, 0.05) is 11.8 Å². The van der Waals surface area contributed by atoms with E-state index in [1.54, 1.807) is 30.5 Å². The van der Waals surface area contributed by atoms with Gasteiger partial charge in [0.15, 0.2) is 6.23 Å². The quantitative estimate of drug-likeness (QED) is 0.171. The molecule has 0 amide bonds. The summed E-state index contributed by atoms with van der Waals surface area (Å²) in [6, 6.07) is 9.00. The SMILES string of the molecule is Nc1ncnc2c1c(-c1ccccc1)cn2[C@@H]1O[C@H](COP(=O)(O)OP(=O)(O)OP(=O)(O)O)C(O)C1O. The van der Waals surface area contributed by atoms with Crippen molar-refractivity contribution >= 4 is 40.3 Å². The Morgan fingerprint density at radius 2 is 1.65 bits per heavy atom. The molecule has 0 saturated carbocycles. The molecule has 8 N–H and O–H groups in total. The maximum absolute atomic E-state index is 12.0. The number of fused-ring (bicyclic) bond motifs is 1. The molecule has 4 unspecified atom stereocenters. The minimum absolute atomic E-state index is 0.139. The number of rotatable bonds is 9. The minimum Gasteiger partial charge on any atom is -0.387 e. The Kier molecular flexibility index (Phi) is 7.74. The van der Waals surface area contributed by atoms with Gasteiger partial charge in [0.2, 0.25) is 0 Å². The van der Waals surface area contributed by atoms with Gasteiger partial charge in [-0.3, -0.25) is 4.52 Å². The first-order valence-electron chi connectivity index (χ1n) is 10.1. The van der Waals surface area contributed by atoms with Crippen LogP contribution in [0.15, 0.2) is 42.9 Å². The summed E-state index contributed by atoms with van der Waals surface area (Å²) in [6.07, 6.45) is -3.30. The number of nitrogens with zero attached hydrogens (tertiary/aromatic N) is 3. The van der Waals surface area contributed by atoms with Gasteiger partial charge in [-0.1, -0.05) is 30.3 Å². The number of nitrogens with two attached hydrogens (primary N) is 1. The van der Waals surface area contributed by atoms with Gasteiger partial charge >= 0.3 is 23.5 Å². The molecule has 0 spiro atoms. The molecule has 17 nitrogen and oxygen atoms in total. The molecule has 4 rings (SSSR count). The summed E-state index contributed by atoms with van der Waals surface area (Å²) in [6.45, 7) is -0.958. The van der Waals surface area contributed by atoms with E-state index in [1.807, 2.05) is 6.07 Å². The standard InChI is InChI=1S/C17H21N4O13P3/c18-15-12-10(9-4-2-1-3-5-9)6-21(16(12)20-8-19-15)17-14(23)13(22)11(32-17)7-31-36(27,28)34-37(29,30)33-35(24,25)26/h1-6,8,11,13-14,17,22-23H,7H2,(H,27,28)(H,29,30)(H2,18,19,20)(H2,24,25,26)/t11-,13?,14?,17-/m1/s1. The number of aliphatic hydroxyl groups excluding tert-OH is 2. The zero-order valence-corrected chi connectivity index (χ0v) is 21.0. The smallest absolute Gasteiger partial charge is 0.387 e. The van der Waals surface area contributed by atoms with Crippen molar-refractivity contribution in [2.45, 2.75) is 24.5 Å². The van der Waals surface area contributed by atoms with Crippen molar-refractivity contribution in [2.75, 3.05) is 12.3 Å². The summed E-state index contributed by atoms with van der Waals surface area (Å²) < 4.78 is 53.0. The van der Waals surface area contributed by atoms with Gasteiger partial charge in [0.25, 0.3) is 0 Å². The molecule has 6 atom stereocenters. The second kappa shape index (κ2) is 10.2. The molecule has 2 aromatic heterocycles. The molecule has 1 aliphatic rings. The van der Waals surface area contributed by atoms with E-state index in [0.717, 1.165) is 5.56 Å². The molecular weight excluding hydrogens is 561 g/mol. The highest BCUT2D eigenvalue weighted by Crippen LogP contribution is 2.66. The van der Waals surface area contributed by atoms with Crippen molar-refractivity contribution in [3.63, 3.8) is 0 Å². The fourth-order valence-corrected chi connectivity index (χ4v) is 6.74. The number of phosphoric ester groups is 1. The van der Waals surface area contributed by atoms with Gasteiger partial charge in [0.05, 0.1) is 12.0 Å². The number of phosphoric acid groups is 3. The number of anilines is 1. The van der Waals surface area contributed by atoms with Crippen molar-refractivity contribution in [3.8, 4) is 11.1 Å². The van der Waals surface area contributed by atoms with E-state index >= 15 is 0 Å². The zero-order chi connectivity index (χ0) is 27.2. The number of aromatic nitrogens is 3. The molecule has 1 saturated heterocycles. The largest absolute Gasteiger partial charge is 0.490 e. The Balaban J connectivity index is 1.56. The van der Waals surface area contributed by atoms with Crippen molar-refractivity contribution in [1.82, 2.24) is 14.5 Å². The molecule has 1 fully saturated rings. The second-order valence-corrected chi connectivity index (χ2v) is 12.1. The van der Waals surface area contributed by atoms with E-state index in [9.17, 15) is 33.7 Å². The molecule has 1 aliphatic heterocycles. The molecule has 0 radical (unpaired) electrons. The molecule has 0 aliphatic carbocycles. The van der Waals surface area contributed by atoms with E-state index < -0.39 is 54.6 Å². The van der Waals surface area contributed by atoms with Crippen LogP contribution >= 0.6 is 23.5 Å². The Morgan fingerprint density at radius 1 is 0.973 bits per heavy atom. The van der Waals surface area contributed by atoms with Crippen LogP contribution in [0.1, 0.15) is 6.23 Å². The minimum atomic E-state index is -5.73. The Bertz CT molecular complexity index is 1430. The molecule has 1 aromatic carbocycles. The van der Waals surface area contributed by atoms with Crippen molar-refractivity contribution in [1.29, 1.82) is 0 Å². The van der Waals surface area contributed by atoms with E-state index in [1.165, 1.54) is 10.9 Å². The third kappa shape index (κ3) is 6.33. The summed E-state index contributed by atoms with van der Waals surface area (Å²) in [5, 5.41) is 21.5. The summed E-state index contributed by atoms with van der Waals surface area (Å²) >= 11 is 0. The first-order valence-corrected chi connectivity index (χ1v) is 14.7. The molecule has 0 bridgehead atoms. The summed E-state index contributed by atoms with van der Waals surface area (Å²) in [5.41, 5.74) is 7.65. The lowest BCUT2D eigenvalue weighted by molar-refractivity contribution is -0.0500. The molecule has 202 valence electrons. The van der Waals surface area contributed by atoms with Crippen LogP contribution in [0, 0.1) is 0 Å². The highest BCUT2D eigenvalue weighted by Gasteiger charge is 2.47. The van der Waals surface area contributed by atoms with E-state index in [-0.39, 0.29) is 11.5 Å². The van der Waals surface area contributed by atoms with Crippen LogP contribution in [0.25, 0.3) is 22.2 Å². The van der Waals surface area contributed by atoms with Crippen LogP contribution < -0.4 is 5.73 Å². The predicted molar refractivity (Wildman–Crippen MR) is 123 cm³/mol. The van der Waals surface area contributed by atoms with Crippen LogP contribution in [0.2, 0.25) is 0 Å². The fourth-order valence-electron chi connectivity index (χ4n) is 3.71. The number of nitrogen functional groups attached to an aromatic ring is 1. The maximum atomic E-state index is 12.0. The molecule has 37 heavy (non-hydrogen) atoms. The fraction of sp³-hybridized carbons (Fsp3) is 0.294. The Hall–Kier alpha value is -2.07. The van der Waals surface area contributed by atoms with Gasteiger partial charge < -0.3 is 44.8 Å². The van der Waals surface area contributed by atoms with E-state index in [4.69, 9.17) is 20.3 Å². The lowest BCUT2D eigenvalue weighted by Gasteiger charge is -2.19. The van der Waals surface area contributed by atoms with E-state index in [0.29, 0.717) is 10.9 Å². The third-order valence-electron chi connectivity index (χ3n) is 5.15. The Labute approximate surface area is 207 Å². The highest BCUT2D eigenvalue weighted by atomic mass is 31.3. The second-order valence-electron chi connectivity index (χ2n) is 7.71. The summed E-state index contributed by atoms with van der Waals surface area (Å²) in [7, 11) is -16.8. The van der Waals surface area contributed by atoms with E-state index in [2.05, 4.69) is 23.1 Å². The number of hydrogen-bond donors (Lipinski definition) is 7. The third-order valence-corrected chi connectivity index (χ3v) is 8.96. The maximum Gasteiger partial charge on any atom is 0.490 e. The Morgan fingerprint density at radius 3 is 2.30 bits per heavy atom. The van der Waals surface area contributed by atoms with Crippen LogP contribution in [0.4, 0.5) is 5.82 Å². The van der Waals surface area contributed by atoms with Gasteiger partial charge in [-0.15, -0.1) is 0 Å². The predicted octanol–water partition coefficient (Wildman–Crippen LogP) is 0.643. The summed E-state index contributed by atoms with van der Waals surface area (Å²) in [4.78, 5) is 44.3. The normalized spacial score (nSPS) is 25.7. The summed E-state index contributed by atoms with van der Waals surface area (Å²) in [5.74, 6) is 0.139. The van der Waals surface area contributed by atoms with Crippen molar-refractivity contribution in [2.24, 2.45) is 0 Å². The average Bonchev–Trinajstić information content (AvgIpc) is 3.29. The van der Waals surface area contributed by atoms with Crippen LogP contribution in [-0.4, -0.2) is 69.2 Å². The lowest BCUT2D eigenvalue weighted by atomic mass is 10.1. The zero-order valence-electron chi connectivity index (χ0n) is 18.4. The molecule has 3 heterocycles. The number of ether oxygens (including phenoxy) is 1. The molecular formula is C17H21N4O13P3. The topological polar surface area (TPSA) is 266 Å². The van der Waals surface area contributed by atoms with Crippen molar-refractivity contribution in [3.05, 3.63) is 42.9 Å². The first kappa shape index (κ1) is 28.0. The van der Waals surface area contributed by atoms with Gasteiger partial charge in [0.1, 0.15) is 36.1 Å². The first-order chi connectivity index (χ1) is 17.2. The van der Waals surface area contributed by atoms with Crippen LogP contribution in [0.5, 0.6) is 0 Å². The molecule has 20 heteroatoms. The average molecular weight is 582 g/mol. The van der Waals surface area contributed by atoms with Gasteiger partial charge in [-0.05, 0) is 5.56 Å². The van der Waals surface area contributed by atoms with Gasteiger partial charge in [-0.2, -0.15) is 8.62 Å². The number of aliphatic hydroxyl groups is 2. The lowest BCUT2D eigenvalue weighted by Crippen LogP contribution is -2.33. The number of hydrogen-bond acceptors (Lipinski definition) is 12. The molecule has 3 aromatic rings. The monoisotopic (exact) mass is 582 g/mol. The highest BCUT2D eigenvalue weighted by molar-refractivity contribution is 7.66.